The van der Waals surface area contributed by atoms with Crippen molar-refractivity contribution in [2.45, 2.75) is 26.9 Å². The molecule has 5 nitrogen and oxygen atoms in total. The molecule has 1 aromatic carbocycles. The predicted molar refractivity (Wildman–Crippen MR) is 111 cm³/mol. The maximum Gasteiger partial charge on any atom is 0.432 e. The SMILES string of the molecule is COc1cccc(C=Cc2cc(=O)n3c(C(F)(F)F)csc3n2)c1OCC(C)(C)C. The molecule has 0 radical (unpaired) electrons. The third-order valence-electron chi connectivity index (χ3n) is 4.03. The number of halogens is 3. The number of thiazole rings is 1. The van der Waals surface area contributed by atoms with Crippen molar-refractivity contribution >= 4 is 28.4 Å². The topological polar surface area (TPSA) is 52.8 Å². The number of hydrogen-bond donors (Lipinski definition) is 0. The Morgan fingerprint density at radius 3 is 2.57 bits per heavy atom. The van der Waals surface area contributed by atoms with Gasteiger partial charge in [0.2, 0.25) is 0 Å². The Hall–Kier alpha value is -2.81. The Morgan fingerprint density at radius 2 is 1.93 bits per heavy atom. The zero-order valence-corrected chi connectivity index (χ0v) is 17.7. The van der Waals surface area contributed by atoms with Crippen LogP contribution in [-0.2, 0) is 6.18 Å². The summed E-state index contributed by atoms with van der Waals surface area (Å²) in [6.07, 6.45) is -1.37. The van der Waals surface area contributed by atoms with E-state index in [1.807, 2.05) is 26.8 Å². The van der Waals surface area contributed by atoms with Crippen LogP contribution in [0.4, 0.5) is 13.2 Å². The van der Waals surface area contributed by atoms with Gasteiger partial charge in [-0.2, -0.15) is 13.2 Å². The number of benzene rings is 1. The molecule has 0 aliphatic heterocycles. The standard InChI is InChI=1S/C21H21F3N2O3S/c1-20(2,3)12-29-18-13(6-5-7-15(18)28-4)8-9-14-10-17(27)26-16(21(22,23)24)11-30-19(26)25-14/h5-11H,12H2,1-4H3. The molecule has 0 spiro atoms. The van der Waals surface area contributed by atoms with Crippen molar-refractivity contribution in [1.82, 2.24) is 9.38 Å². The third-order valence-corrected chi connectivity index (χ3v) is 4.85. The van der Waals surface area contributed by atoms with E-state index in [0.29, 0.717) is 28.1 Å². The van der Waals surface area contributed by atoms with Crippen LogP contribution in [0.15, 0.2) is 34.4 Å². The molecule has 30 heavy (non-hydrogen) atoms. The molecule has 2 heterocycles. The van der Waals surface area contributed by atoms with E-state index in [0.717, 1.165) is 22.8 Å². The van der Waals surface area contributed by atoms with Crippen LogP contribution in [0, 0.1) is 5.41 Å². The molecule has 0 atom stereocenters. The Morgan fingerprint density at radius 1 is 1.20 bits per heavy atom. The largest absolute Gasteiger partial charge is 0.493 e. The highest BCUT2D eigenvalue weighted by molar-refractivity contribution is 7.15. The van der Waals surface area contributed by atoms with Crippen molar-refractivity contribution < 1.29 is 22.6 Å². The maximum absolute atomic E-state index is 13.1. The Kier molecular flexibility index (Phi) is 5.94. The van der Waals surface area contributed by atoms with Crippen LogP contribution in [0.3, 0.4) is 0 Å². The fourth-order valence-corrected chi connectivity index (χ4v) is 3.57. The first kappa shape index (κ1) is 21.9. The van der Waals surface area contributed by atoms with Gasteiger partial charge in [0.15, 0.2) is 16.5 Å². The Labute approximate surface area is 175 Å². The molecule has 0 aliphatic rings. The van der Waals surface area contributed by atoms with Crippen molar-refractivity contribution in [3.8, 4) is 11.5 Å². The van der Waals surface area contributed by atoms with Crippen LogP contribution < -0.4 is 15.0 Å². The highest BCUT2D eigenvalue weighted by Crippen LogP contribution is 2.34. The summed E-state index contributed by atoms with van der Waals surface area (Å²) in [5.41, 5.74) is -0.939. The second kappa shape index (κ2) is 8.14. The molecule has 0 amide bonds. The highest BCUT2D eigenvalue weighted by Gasteiger charge is 2.35. The number of methoxy groups -OCH3 is 1. The fourth-order valence-electron chi connectivity index (χ4n) is 2.66. The molecule has 2 aromatic heterocycles. The molecule has 3 aromatic rings. The summed E-state index contributed by atoms with van der Waals surface area (Å²) in [6, 6.07) is 6.45. The molecule has 0 bridgehead atoms. The quantitative estimate of drug-likeness (QED) is 0.537. The summed E-state index contributed by atoms with van der Waals surface area (Å²) >= 11 is 0.764. The van der Waals surface area contributed by atoms with Gasteiger partial charge in [-0.05, 0) is 23.6 Å². The van der Waals surface area contributed by atoms with Crippen LogP contribution in [0.5, 0.6) is 11.5 Å². The molecule has 160 valence electrons. The van der Waals surface area contributed by atoms with E-state index >= 15 is 0 Å². The Bertz CT molecular complexity index is 1140. The van der Waals surface area contributed by atoms with Crippen molar-refractivity contribution in [3.05, 3.63) is 57.0 Å². The number of fused-ring (bicyclic) bond motifs is 1. The molecule has 0 saturated heterocycles. The van der Waals surface area contributed by atoms with Crippen molar-refractivity contribution in [2.75, 3.05) is 13.7 Å². The van der Waals surface area contributed by atoms with Gasteiger partial charge in [-0.25, -0.2) is 9.38 Å². The molecule has 0 aliphatic carbocycles. The first-order valence-electron chi connectivity index (χ1n) is 9.06. The van der Waals surface area contributed by atoms with Gasteiger partial charge in [0.25, 0.3) is 5.56 Å². The molecular weight excluding hydrogens is 417 g/mol. The smallest absolute Gasteiger partial charge is 0.432 e. The first-order valence-corrected chi connectivity index (χ1v) is 9.94. The molecule has 0 unspecified atom stereocenters. The molecular formula is C21H21F3N2O3S. The summed E-state index contributed by atoms with van der Waals surface area (Å²) in [5.74, 6) is 1.09. The summed E-state index contributed by atoms with van der Waals surface area (Å²) in [7, 11) is 1.54. The summed E-state index contributed by atoms with van der Waals surface area (Å²) < 4.78 is 51.1. The van der Waals surface area contributed by atoms with Gasteiger partial charge in [-0.3, -0.25) is 4.79 Å². The van der Waals surface area contributed by atoms with E-state index in [1.165, 1.54) is 7.11 Å². The first-order chi connectivity index (χ1) is 14.0. The lowest BCUT2D eigenvalue weighted by Crippen LogP contribution is -2.20. The number of alkyl halides is 3. The minimum absolute atomic E-state index is 0.0238. The molecule has 0 fully saturated rings. The van der Waals surface area contributed by atoms with Crippen LogP contribution in [0.2, 0.25) is 0 Å². The monoisotopic (exact) mass is 438 g/mol. The van der Waals surface area contributed by atoms with Crippen molar-refractivity contribution in [2.24, 2.45) is 5.41 Å². The van der Waals surface area contributed by atoms with E-state index in [-0.39, 0.29) is 16.1 Å². The number of para-hydroxylation sites is 1. The maximum atomic E-state index is 13.1. The third kappa shape index (κ3) is 4.84. The van der Waals surface area contributed by atoms with Crippen LogP contribution in [0.1, 0.15) is 37.7 Å². The second-order valence-corrected chi connectivity index (χ2v) is 8.65. The highest BCUT2D eigenvalue weighted by atomic mass is 32.1. The molecule has 0 saturated carbocycles. The van der Waals surface area contributed by atoms with E-state index < -0.39 is 17.4 Å². The lowest BCUT2D eigenvalue weighted by atomic mass is 9.98. The van der Waals surface area contributed by atoms with E-state index in [4.69, 9.17) is 9.47 Å². The van der Waals surface area contributed by atoms with Crippen molar-refractivity contribution in [1.29, 1.82) is 0 Å². The van der Waals surface area contributed by atoms with Crippen molar-refractivity contribution in [3.63, 3.8) is 0 Å². The van der Waals surface area contributed by atoms with Gasteiger partial charge in [0.05, 0.1) is 19.4 Å². The van der Waals surface area contributed by atoms with Crippen LogP contribution in [0.25, 0.3) is 17.1 Å². The number of aromatic nitrogens is 2. The summed E-state index contributed by atoms with van der Waals surface area (Å²) in [4.78, 5) is 16.4. The molecule has 3 rings (SSSR count). The average Bonchev–Trinajstić information content (AvgIpc) is 3.09. The van der Waals surface area contributed by atoms with Crippen LogP contribution in [-0.4, -0.2) is 23.1 Å². The minimum Gasteiger partial charge on any atom is -0.493 e. The summed E-state index contributed by atoms with van der Waals surface area (Å²) in [5, 5.41) is 0.887. The molecule has 9 heteroatoms. The van der Waals surface area contributed by atoms with Gasteiger partial charge < -0.3 is 9.47 Å². The zero-order chi connectivity index (χ0) is 22.1. The zero-order valence-electron chi connectivity index (χ0n) is 16.9. The van der Waals surface area contributed by atoms with Crippen LogP contribution >= 0.6 is 11.3 Å². The van der Waals surface area contributed by atoms with Gasteiger partial charge >= 0.3 is 6.18 Å². The van der Waals surface area contributed by atoms with Gasteiger partial charge in [-0.15, -0.1) is 11.3 Å². The van der Waals surface area contributed by atoms with E-state index in [1.54, 1.807) is 24.3 Å². The van der Waals surface area contributed by atoms with Gasteiger partial charge in [0.1, 0.15) is 5.69 Å². The van der Waals surface area contributed by atoms with Gasteiger partial charge in [-0.1, -0.05) is 32.9 Å². The van der Waals surface area contributed by atoms with E-state index in [2.05, 4.69) is 4.98 Å². The second-order valence-electron chi connectivity index (χ2n) is 7.82. The van der Waals surface area contributed by atoms with E-state index in [9.17, 15) is 18.0 Å². The normalized spacial score (nSPS) is 12.6. The average molecular weight is 438 g/mol. The lowest BCUT2D eigenvalue weighted by Gasteiger charge is -2.21. The number of rotatable bonds is 5. The summed E-state index contributed by atoms with van der Waals surface area (Å²) in [6.45, 7) is 6.58. The predicted octanol–water partition coefficient (Wildman–Crippen LogP) is 5.38. The number of hydrogen-bond acceptors (Lipinski definition) is 5. The fraction of sp³-hybridized carbons (Fsp3) is 0.333. The minimum atomic E-state index is -4.62. The Balaban J connectivity index is 1.98. The number of ether oxygens (including phenoxy) is 2. The lowest BCUT2D eigenvalue weighted by molar-refractivity contribution is -0.141. The molecule has 0 N–H and O–H groups in total. The number of nitrogens with zero attached hydrogens (tertiary/aromatic N) is 2. The van der Waals surface area contributed by atoms with Gasteiger partial charge in [0, 0.05) is 17.0 Å².